The van der Waals surface area contributed by atoms with E-state index in [1.807, 2.05) is 18.0 Å². The molecule has 0 radical (unpaired) electrons. The first-order chi connectivity index (χ1) is 6.74. The molecule has 0 bridgehead atoms. The van der Waals surface area contributed by atoms with Gasteiger partial charge < -0.3 is 10.7 Å². The van der Waals surface area contributed by atoms with Crippen LogP contribution >= 0.6 is 11.8 Å². The van der Waals surface area contributed by atoms with Gasteiger partial charge in [-0.2, -0.15) is 11.8 Å². The van der Waals surface area contributed by atoms with Gasteiger partial charge in [0.1, 0.15) is 5.82 Å². The smallest absolute Gasteiger partial charge is 0.113 e. The predicted octanol–water partition coefficient (Wildman–Crippen LogP) is 1.65. The lowest BCUT2D eigenvalue weighted by atomic mass is 9.86. The Labute approximate surface area is 88.9 Å². The van der Waals surface area contributed by atoms with Crippen molar-refractivity contribution in [3.8, 4) is 0 Å². The van der Waals surface area contributed by atoms with E-state index in [2.05, 4.69) is 16.9 Å². The molecule has 0 aliphatic carbocycles. The Hall–Kier alpha value is -0.480. The van der Waals surface area contributed by atoms with Crippen molar-refractivity contribution in [2.24, 2.45) is 5.73 Å². The Kier molecular flexibility index (Phi) is 2.83. The molecule has 1 unspecified atom stereocenters. The lowest BCUT2D eigenvalue weighted by Gasteiger charge is -2.31. The van der Waals surface area contributed by atoms with Crippen LogP contribution in [0.15, 0.2) is 6.20 Å². The van der Waals surface area contributed by atoms with Gasteiger partial charge in [-0.3, -0.25) is 0 Å². The highest BCUT2D eigenvalue weighted by molar-refractivity contribution is 7.99. The summed E-state index contributed by atoms with van der Waals surface area (Å²) >= 11 is 2.02. The Balaban J connectivity index is 2.19. The van der Waals surface area contributed by atoms with Crippen LogP contribution < -0.4 is 5.73 Å². The van der Waals surface area contributed by atoms with Crippen LogP contribution in [0.1, 0.15) is 31.3 Å². The van der Waals surface area contributed by atoms with Gasteiger partial charge in [0.05, 0.1) is 0 Å². The molecule has 1 atom stereocenters. The molecule has 4 heteroatoms. The monoisotopic (exact) mass is 211 g/mol. The van der Waals surface area contributed by atoms with E-state index in [-0.39, 0.29) is 5.41 Å². The summed E-state index contributed by atoms with van der Waals surface area (Å²) in [4.78, 5) is 7.76. The Morgan fingerprint density at radius 3 is 3.14 bits per heavy atom. The van der Waals surface area contributed by atoms with Gasteiger partial charge in [0, 0.05) is 29.6 Å². The molecule has 0 aromatic carbocycles. The van der Waals surface area contributed by atoms with Gasteiger partial charge in [0.15, 0.2) is 0 Å². The minimum Gasteiger partial charge on any atom is -0.344 e. The molecule has 1 aromatic rings. The molecule has 0 saturated carbocycles. The summed E-state index contributed by atoms with van der Waals surface area (Å²) < 4.78 is 0. The number of H-pyrrole nitrogens is 1. The highest BCUT2D eigenvalue weighted by atomic mass is 32.2. The van der Waals surface area contributed by atoms with Crippen molar-refractivity contribution < 1.29 is 0 Å². The maximum Gasteiger partial charge on any atom is 0.113 e. The molecule has 1 aliphatic rings. The van der Waals surface area contributed by atoms with E-state index in [0.717, 1.165) is 11.5 Å². The lowest BCUT2D eigenvalue weighted by Crippen LogP contribution is -2.30. The van der Waals surface area contributed by atoms with Gasteiger partial charge in [-0.25, -0.2) is 4.98 Å². The summed E-state index contributed by atoms with van der Waals surface area (Å²) in [6, 6.07) is 0. The number of nitrogens with two attached hydrogens (primary N) is 1. The summed E-state index contributed by atoms with van der Waals surface area (Å²) in [6.07, 6.45) is 4.39. The third-order valence-electron chi connectivity index (χ3n) is 2.86. The van der Waals surface area contributed by atoms with Gasteiger partial charge in [-0.1, -0.05) is 6.92 Å². The maximum absolute atomic E-state index is 5.56. The summed E-state index contributed by atoms with van der Waals surface area (Å²) in [5.41, 5.74) is 6.83. The highest BCUT2D eigenvalue weighted by Gasteiger charge is 2.31. The average Bonchev–Trinajstić information content (AvgIpc) is 2.67. The number of imidazole rings is 1. The summed E-state index contributed by atoms with van der Waals surface area (Å²) in [7, 11) is 0. The second-order valence-electron chi connectivity index (χ2n) is 4.18. The normalized spacial score (nSPS) is 27.9. The molecule has 1 saturated heterocycles. The van der Waals surface area contributed by atoms with Crippen LogP contribution in [0.5, 0.6) is 0 Å². The van der Waals surface area contributed by atoms with Gasteiger partial charge in [0.2, 0.25) is 0 Å². The summed E-state index contributed by atoms with van der Waals surface area (Å²) in [6.45, 7) is 2.84. The van der Waals surface area contributed by atoms with Crippen molar-refractivity contribution in [1.29, 1.82) is 0 Å². The third kappa shape index (κ3) is 1.81. The molecule has 0 amide bonds. The van der Waals surface area contributed by atoms with Crippen LogP contribution in [0, 0.1) is 0 Å². The van der Waals surface area contributed by atoms with Gasteiger partial charge in [-0.15, -0.1) is 0 Å². The summed E-state index contributed by atoms with van der Waals surface area (Å²) in [5.74, 6) is 3.58. The fourth-order valence-corrected chi connectivity index (χ4v) is 3.11. The predicted molar refractivity (Wildman–Crippen MR) is 60.4 cm³/mol. The number of nitrogens with zero attached hydrogens (tertiary/aromatic N) is 1. The van der Waals surface area contributed by atoms with Gasteiger partial charge in [0.25, 0.3) is 0 Å². The van der Waals surface area contributed by atoms with Crippen LogP contribution in [0.4, 0.5) is 0 Å². The van der Waals surface area contributed by atoms with E-state index in [9.17, 15) is 0 Å². The average molecular weight is 211 g/mol. The van der Waals surface area contributed by atoms with E-state index in [1.54, 1.807) is 0 Å². The molecule has 1 aliphatic heterocycles. The number of aromatic amines is 1. The molecular formula is C10H17N3S. The lowest BCUT2D eigenvalue weighted by molar-refractivity contribution is 0.448. The van der Waals surface area contributed by atoms with Crippen LogP contribution in [0.3, 0.4) is 0 Å². The molecule has 3 N–H and O–H groups in total. The molecule has 2 rings (SSSR count). The van der Waals surface area contributed by atoms with Crippen molar-refractivity contribution >= 4 is 11.8 Å². The van der Waals surface area contributed by atoms with E-state index in [0.29, 0.717) is 6.54 Å². The first-order valence-electron chi connectivity index (χ1n) is 5.07. The van der Waals surface area contributed by atoms with Crippen molar-refractivity contribution in [2.75, 3.05) is 11.5 Å². The number of hydrogen-bond donors (Lipinski definition) is 2. The van der Waals surface area contributed by atoms with E-state index in [4.69, 9.17) is 5.73 Å². The Bertz CT molecular complexity index is 302. The Morgan fingerprint density at radius 1 is 1.71 bits per heavy atom. The third-order valence-corrected chi connectivity index (χ3v) is 4.28. The molecular weight excluding hydrogens is 194 g/mol. The minimum absolute atomic E-state index is 0.232. The molecule has 1 fully saturated rings. The molecule has 78 valence electrons. The van der Waals surface area contributed by atoms with Crippen molar-refractivity contribution in [3.63, 3.8) is 0 Å². The van der Waals surface area contributed by atoms with Crippen molar-refractivity contribution in [2.45, 2.75) is 31.7 Å². The second kappa shape index (κ2) is 3.95. The zero-order valence-electron chi connectivity index (χ0n) is 8.55. The zero-order valence-corrected chi connectivity index (χ0v) is 9.36. The maximum atomic E-state index is 5.56. The van der Waals surface area contributed by atoms with Crippen LogP contribution in [0.25, 0.3) is 0 Å². The minimum atomic E-state index is 0.232. The van der Waals surface area contributed by atoms with E-state index < -0.39 is 0 Å². The second-order valence-corrected chi connectivity index (χ2v) is 5.28. The SMILES string of the molecule is CC1(c2ncc(CN)[nH]2)CCCSC1. The standard InChI is InChI=1S/C10H17N3S/c1-10(3-2-4-14-7-10)9-12-6-8(5-11)13-9/h6H,2-5,7,11H2,1H3,(H,12,13). The quantitative estimate of drug-likeness (QED) is 0.782. The largest absolute Gasteiger partial charge is 0.344 e. The van der Waals surface area contributed by atoms with Crippen molar-refractivity contribution in [3.05, 3.63) is 17.7 Å². The topological polar surface area (TPSA) is 54.7 Å². The highest BCUT2D eigenvalue weighted by Crippen LogP contribution is 2.35. The number of rotatable bonds is 2. The van der Waals surface area contributed by atoms with Gasteiger partial charge >= 0.3 is 0 Å². The van der Waals surface area contributed by atoms with E-state index in [1.165, 1.54) is 24.3 Å². The molecule has 1 aromatic heterocycles. The van der Waals surface area contributed by atoms with Crippen LogP contribution in [-0.4, -0.2) is 21.5 Å². The van der Waals surface area contributed by atoms with Crippen LogP contribution in [0.2, 0.25) is 0 Å². The first-order valence-corrected chi connectivity index (χ1v) is 6.22. The fraction of sp³-hybridized carbons (Fsp3) is 0.700. The molecule has 2 heterocycles. The number of hydrogen-bond acceptors (Lipinski definition) is 3. The van der Waals surface area contributed by atoms with E-state index >= 15 is 0 Å². The first kappa shape index (κ1) is 10.1. The van der Waals surface area contributed by atoms with Crippen LogP contribution in [-0.2, 0) is 12.0 Å². The molecule has 3 nitrogen and oxygen atoms in total. The molecule has 14 heavy (non-hydrogen) atoms. The molecule has 0 spiro atoms. The number of nitrogens with one attached hydrogen (secondary N) is 1. The number of thioether (sulfide) groups is 1. The van der Waals surface area contributed by atoms with Gasteiger partial charge in [-0.05, 0) is 18.6 Å². The van der Waals surface area contributed by atoms with Crippen molar-refractivity contribution in [1.82, 2.24) is 9.97 Å². The number of aromatic nitrogens is 2. The fourth-order valence-electron chi connectivity index (χ4n) is 1.89. The summed E-state index contributed by atoms with van der Waals surface area (Å²) in [5, 5.41) is 0. The zero-order chi connectivity index (χ0) is 10.0. The Morgan fingerprint density at radius 2 is 2.57 bits per heavy atom.